The highest BCUT2D eigenvalue weighted by molar-refractivity contribution is 8.14. The van der Waals surface area contributed by atoms with Gasteiger partial charge in [0.2, 0.25) is 11.0 Å². The summed E-state index contributed by atoms with van der Waals surface area (Å²) in [5.74, 6) is -15.7. The van der Waals surface area contributed by atoms with E-state index in [0.717, 1.165) is 21.8 Å². The minimum absolute atomic E-state index is 0.171. The lowest BCUT2D eigenvalue weighted by molar-refractivity contribution is -0.645. The maximum Gasteiger partial charge on any atom is 0.380 e. The predicted molar refractivity (Wildman–Crippen MR) is 167 cm³/mol. The minimum atomic E-state index is -5.59. The van der Waals surface area contributed by atoms with E-state index in [1.165, 1.54) is 35.7 Å². The molecule has 1 fully saturated rings. The van der Waals surface area contributed by atoms with E-state index in [4.69, 9.17) is 0 Å². The van der Waals surface area contributed by atoms with Crippen LogP contribution >= 0.6 is 23.5 Å². The van der Waals surface area contributed by atoms with Crippen LogP contribution < -0.4 is 9.13 Å². The zero-order valence-corrected chi connectivity index (χ0v) is 26.2. The standard InChI is InChI=1S/C35H26F6N2S2/c1-31-23(17-27(44-31)21-11-9-19-7-5-13-42(3)25(19)15-21)29-30(34(38,39)35(40,41)33(29,36)37)24-18-28(45-32(24,31)2)22-12-10-20-8-6-14-43(4)26(20)16-22/h5-18H,1-4H3/q+2. The first-order valence-corrected chi connectivity index (χ1v) is 16.0. The van der Waals surface area contributed by atoms with Gasteiger partial charge in [0.05, 0.1) is 9.49 Å². The van der Waals surface area contributed by atoms with Crippen molar-refractivity contribution in [1.82, 2.24) is 0 Å². The smallest absolute Gasteiger partial charge is 0.201 e. The van der Waals surface area contributed by atoms with Crippen molar-refractivity contribution >= 4 is 55.1 Å². The molecule has 2 atom stereocenters. The molecule has 2 aliphatic carbocycles. The molecule has 0 saturated heterocycles. The van der Waals surface area contributed by atoms with Gasteiger partial charge in [0.25, 0.3) is 0 Å². The van der Waals surface area contributed by atoms with Gasteiger partial charge in [-0.1, -0.05) is 12.1 Å². The molecule has 0 spiro atoms. The summed E-state index contributed by atoms with van der Waals surface area (Å²) in [7, 11) is 3.77. The van der Waals surface area contributed by atoms with E-state index in [2.05, 4.69) is 0 Å². The Morgan fingerprint density at radius 1 is 0.578 bits per heavy atom. The van der Waals surface area contributed by atoms with Crippen LogP contribution in [-0.4, -0.2) is 27.3 Å². The first-order valence-electron chi connectivity index (χ1n) is 14.3. The second-order valence-electron chi connectivity index (χ2n) is 12.4. The molecule has 0 radical (unpaired) electrons. The molecular weight excluding hydrogens is 627 g/mol. The zero-order valence-electron chi connectivity index (χ0n) is 24.6. The van der Waals surface area contributed by atoms with Crippen molar-refractivity contribution in [1.29, 1.82) is 0 Å². The fourth-order valence-corrected chi connectivity index (χ4v) is 10.3. The summed E-state index contributed by atoms with van der Waals surface area (Å²) in [6.45, 7) is 3.44. The fraction of sp³-hybridized carbons (Fsp3) is 0.257. The van der Waals surface area contributed by atoms with E-state index in [-0.39, 0.29) is 11.1 Å². The molecule has 2 aromatic carbocycles. The largest absolute Gasteiger partial charge is 0.380 e. The second kappa shape index (κ2) is 8.85. The number of halogens is 6. The predicted octanol–water partition coefficient (Wildman–Crippen LogP) is 8.56. The van der Waals surface area contributed by atoms with E-state index in [1.54, 1.807) is 13.8 Å². The van der Waals surface area contributed by atoms with E-state index in [0.29, 0.717) is 20.9 Å². The van der Waals surface area contributed by atoms with E-state index >= 15 is 26.3 Å². The fourth-order valence-electron chi connectivity index (χ4n) is 7.19. The summed E-state index contributed by atoms with van der Waals surface area (Å²) in [5, 5.41) is 1.92. The number of hydrogen-bond donors (Lipinski definition) is 0. The van der Waals surface area contributed by atoms with Crippen molar-refractivity contribution in [3.8, 4) is 0 Å². The Morgan fingerprint density at radius 2 is 0.978 bits per heavy atom. The Kier molecular flexibility index (Phi) is 5.69. The molecule has 0 amide bonds. The third-order valence-electron chi connectivity index (χ3n) is 9.88. The first-order chi connectivity index (χ1) is 21.1. The van der Waals surface area contributed by atoms with E-state index < -0.39 is 38.4 Å². The number of hydrogen-bond acceptors (Lipinski definition) is 2. The lowest BCUT2D eigenvalue weighted by Gasteiger charge is -2.47. The molecule has 4 heterocycles. The SMILES string of the molecule is C[n+]1cccc2ccc(C3=CC4=C5C(=C6C=C(c7ccc8ccc[n+](C)c8c7)SC6(C)C4(C)S3)C(F)(F)C(F)(F)C5(F)F)cc21. The average molecular weight is 653 g/mol. The van der Waals surface area contributed by atoms with Crippen molar-refractivity contribution in [2.24, 2.45) is 14.1 Å². The molecule has 4 aromatic rings. The topological polar surface area (TPSA) is 7.76 Å². The monoisotopic (exact) mass is 652 g/mol. The Hall–Kier alpha value is -3.50. The van der Waals surface area contributed by atoms with Crippen molar-refractivity contribution in [3.05, 3.63) is 119 Å². The number of fused-ring (bicyclic) bond motifs is 6. The zero-order chi connectivity index (χ0) is 31.9. The number of allylic oxidation sites excluding steroid dienone is 4. The van der Waals surface area contributed by atoms with Crippen LogP contribution in [0.25, 0.3) is 31.6 Å². The number of pyridine rings is 2. The highest BCUT2D eigenvalue weighted by Crippen LogP contribution is 2.75. The van der Waals surface area contributed by atoms with Gasteiger partial charge in [-0.3, -0.25) is 0 Å². The highest BCUT2D eigenvalue weighted by Gasteiger charge is 2.84. The highest BCUT2D eigenvalue weighted by atomic mass is 32.2. The maximum absolute atomic E-state index is 15.8. The van der Waals surface area contributed by atoms with Crippen LogP contribution in [0.2, 0.25) is 0 Å². The lowest BCUT2D eigenvalue weighted by Crippen LogP contribution is -2.48. The van der Waals surface area contributed by atoms with Crippen molar-refractivity contribution in [2.45, 2.75) is 41.1 Å². The molecule has 2 unspecified atom stereocenters. The van der Waals surface area contributed by atoms with Crippen LogP contribution in [0.4, 0.5) is 26.3 Å². The van der Waals surface area contributed by atoms with Crippen LogP contribution in [0.1, 0.15) is 25.0 Å². The van der Waals surface area contributed by atoms with Crippen LogP contribution in [0, 0.1) is 0 Å². The van der Waals surface area contributed by atoms with Gasteiger partial charge in [-0.15, -0.1) is 23.5 Å². The molecule has 1 saturated carbocycles. The van der Waals surface area contributed by atoms with Crippen LogP contribution in [-0.2, 0) is 14.1 Å². The van der Waals surface area contributed by atoms with Crippen LogP contribution in [0.3, 0.4) is 0 Å². The molecule has 8 rings (SSSR count). The summed E-state index contributed by atoms with van der Waals surface area (Å²) < 4.78 is 94.9. The Balaban J connectivity index is 1.37. The summed E-state index contributed by atoms with van der Waals surface area (Å²) in [5.41, 5.74) is 0.324. The van der Waals surface area contributed by atoms with E-state index in [1.807, 2.05) is 96.3 Å². The van der Waals surface area contributed by atoms with Gasteiger partial charge in [0.1, 0.15) is 14.1 Å². The average Bonchev–Trinajstić information content (AvgIpc) is 3.57. The van der Waals surface area contributed by atoms with Gasteiger partial charge in [0, 0.05) is 56.0 Å². The molecule has 0 N–H and O–H groups in total. The number of thioether (sulfide) groups is 2. The third-order valence-corrected chi connectivity index (χ3v) is 13.2. The third kappa shape index (κ3) is 3.47. The summed E-state index contributed by atoms with van der Waals surface area (Å²) >= 11 is 2.54. The van der Waals surface area contributed by atoms with Gasteiger partial charge >= 0.3 is 17.8 Å². The quantitative estimate of drug-likeness (QED) is 0.158. The van der Waals surface area contributed by atoms with E-state index in [9.17, 15) is 0 Å². The molecule has 45 heavy (non-hydrogen) atoms. The Bertz CT molecular complexity index is 2010. The number of alkyl halides is 6. The molecule has 2 aromatic heterocycles. The minimum Gasteiger partial charge on any atom is -0.201 e. The maximum atomic E-state index is 15.8. The summed E-state index contributed by atoms with van der Waals surface area (Å²) in [4.78, 5) is 1.13. The molecule has 2 aliphatic heterocycles. The second-order valence-corrected chi connectivity index (χ2v) is 15.3. The number of nitrogens with zero attached hydrogens (tertiary/aromatic N) is 2. The van der Waals surface area contributed by atoms with Crippen LogP contribution in [0.15, 0.2) is 108 Å². The molecule has 0 bridgehead atoms. The van der Waals surface area contributed by atoms with Crippen molar-refractivity contribution in [2.75, 3.05) is 0 Å². The first kappa shape index (κ1) is 28.9. The normalized spacial score (nSPS) is 27.5. The summed E-state index contributed by atoms with van der Waals surface area (Å²) in [6, 6.07) is 19.0. The molecule has 2 nitrogen and oxygen atoms in total. The molecule has 228 valence electrons. The lowest BCUT2D eigenvalue weighted by atomic mass is 9.71. The number of aromatic nitrogens is 2. The van der Waals surface area contributed by atoms with Gasteiger partial charge in [-0.25, -0.2) is 9.13 Å². The van der Waals surface area contributed by atoms with Crippen molar-refractivity contribution < 1.29 is 35.5 Å². The van der Waals surface area contributed by atoms with Crippen molar-refractivity contribution in [3.63, 3.8) is 0 Å². The van der Waals surface area contributed by atoms with Gasteiger partial charge in [0.15, 0.2) is 12.4 Å². The van der Waals surface area contributed by atoms with Gasteiger partial charge in [-0.05, 0) is 72.5 Å². The molecule has 4 aliphatic rings. The van der Waals surface area contributed by atoms with Gasteiger partial charge in [-0.2, -0.15) is 26.3 Å². The number of benzene rings is 2. The van der Waals surface area contributed by atoms with Crippen LogP contribution in [0.5, 0.6) is 0 Å². The Morgan fingerprint density at radius 3 is 1.38 bits per heavy atom. The Labute approximate surface area is 263 Å². The summed E-state index contributed by atoms with van der Waals surface area (Å²) in [6.07, 6.45) is 6.64. The van der Waals surface area contributed by atoms with Gasteiger partial charge < -0.3 is 0 Å². The number of rotatable bonds is 2. The number of aryl methyl sites for hydroxylation is 2. The molecule has 10 heteroatoms. The molecular formula is C35H26F6N2S2+2.